The molecule has 0 saturated heterocycles. The van der Waals surface area contributed by atoms with E-state index in [1.807, 2.05) is 67.8 Å². The quantitative estimate of drug-likeness (QED) is 0.495. The fourth-order valence-electron chi connectivity index (χ4n) is 3.59. The minimum absolute atomic E-state index is 0.0854. The van der Waals surface area contributed by atoms with Crippen molar-refractivity contribution in [2.24, 2.45) is 5.73 Å². The molecule has 0 unspecified atom stereocenters. The van der Waals surface area contributed by atoms with Gasteiger partial charge in [0.25, 0.3) is 5.56 Å². The number of hydrogen-bond donors (Lipinski definition) is 1. The summed E-state index contributed by atoms with van der Waals surface area (Å²) in [4.78, 5) is 30.4. The zero-order valence-electron chi connectivity index (χ0n) is 17.0. The molecule has 2 aromatic heterocycles. The van der Waals surface area contributed by atoms with Crippen LogP contribution in [-0.2, 0) is 11.3 Å². The number of carbonyl (C=O) groups excluding carboxylic acids is 1. The summed E-state index contributed by atoms with van der Waals surface area (Å²) >= 11 is 1.48. The van der Waals surface area contributed by atoms with E-state index in [0.29, 0.717) is 24.2 Å². The lowest BCUT2D eigenvalue weighted by atomic mass is 10.0. The molecule has 4 aromatic rings. The molecule has 5 nitrogen and oxygen atoms in total. The predicted molar refractivity (Wildman–Crippen MR) is 123 cm³/mol. The largest absolute Gasteiger partial charge is 0.370 e. The summed E-state index contributed by atoms with van der Waals surface area (Å²) in [6.07, 6.45) is 0.720. The second-order valence-corrected chi connectivity index (χ2v) is 8.39. The van der Waals surface area contributed by atoms with Crippen molar-refractivity contribution >= 4 is 27.5 Å². The van der Waals surface area contributed by atoms with Crippen molar-refractivity contribution < 1.29 is 4.79 Å². The van der Waals surface area contributed by atoms with Crippen molar-refractivity contribution in [1.29, 1.82) is 0 Å². The van der Waals surface area contributed by atoms with Gasteiger partial charge in [0.2, 0.25) is 5.91 Å². The maximum Gasteiger partial charge on any atom is 0.263 e. The Labute approximate surface area is 178 Å². The number of nitrogens with zero attached hydrogens (tertiary/aromatic N) is 2. The first-order valence-electron chi connectivity index (χ1n) is 9.88. The first-order chi connectivity index (χ1) is 14.4. The zero-order valence-corrected chi connectivity index (χ0v) is 17.8. The van der Waals surface area contributed by atoms with Gasteiger partial charge in [-0.25, -0.2) is 4.98 Å². The first kappa shape index (κ1) is 20.0. The Bertz CT molecular complexity index is 1290. The van der Waals surface area contributed by atoms with Crippen molar-refractivity contribution in [1.82, 2.24) is 9.55 Å². The molecular formula is C24H23N3O2S. The number of carbonyl (C=O) groups is 1. The molecular weight excluding hydrogens is 394 g/mol. The van der Waals surface area contributed by atoms with Gasteiger partial charge in [-0.1, -0.05) is 53.6 Å². The minimum Gasteiger partial charge on any atom is -0.370 e. The summed E-state index contributed by atoms with van der Waals surface area (Å²) in [7, 11) is 0. The molecule has 0 radical (unpaired) electrons. The lowest BCUT2D eigenvalue weighted by molar-refractivity contribution is -0.118. The summed E-state index contributed by atoms with van der Waals surface area (Å²) in [5, 5.41) is 2.62. The smallest absolute Gasteiger partial charge is 0.263 e. The van der Waals surface area contributed by atoms with Crippen molar-refractivity contribution in [2.45, 2.75) is 33.2 Å². The first-order valence-corrected chi connectivity index (χ1v) is 10.8. The molecule has 152 valence electrons. The highest BCUT2D eigenvalue weighted by molar-refractivity contribution is 7.17. The van der Waals surface area contributed by atoms with Crippen LogP contribution in [0.5, 0.6) is 0 Å². The van der Waals surface area contributed by atoms with Crippen LogP contribution in [0.1, 0.15) is 24.0 Å². The van der Waals surface area contributed by atoms with Crippen molar-refractivity contribution in [3.8, 4) is 22.5 Å². The topological polar surface area (TPSA) is 78.0 Å². The van der Waals surface area contributed by atoms with Gasteiger partial charge in [-0.15, -0.1) is 11.3 Å². The molecule has 6 heteroatoms. The number of aromatic nitrogens is 2. The van der Waals surface area contributed by atoms with Gasteiger partial charge in [0.05, 0.1) is 5.39 Å². The van der Waals surface area contributed by atoms with Gasteiger partial charge in [-0.2, -0.15) is 0 Å². The molecule has 0 fully saturated rings. The fourth-order valence-corrected chi connectivity index (χ4v) is 4.53. The molecule has 0 aliphatic carbocycles. The number of fused-ring (bicyclic) bond motifs is 1. The molecule has 0 saturated carbocycles. The number of thiophene rings is 1. The van der Waals surface area contributed by atoms with E-state index >= 15 is 0 Å². The highest BCUT2D eigenvalue weighted by atomic mass is 32.1. The molecule has 0 spiro atoms. The van der Waals surface area contributed by atoms with Crippen LogP contribution >= 0.6 is 11.3 Å². The van der Waals surface area contributed by atoms with Gasteiger partial charge in [0, 0.05) is 29.5 Å². The molecule has 0 bridgehead atoms. The van der Waals surface area contributed by atoms with E-state index in [0.717, 1.165) is 27.1 Å². The lowest BCUT2D eigenvalue weighted by Crippen LogP contribution is -2.24. The Morgan fingerprint density at radius 2 is 1.83 bits per heavy atom. The number of primary amides is 1. The van der Waals surface area contributed by atoms with E-state index in [2.05, 4.69) is 0 Å². The van der Waals surface area contributed by atoms with Crippen LogP contribution in [0.4, 0.5) is 0 Å². The van der Waals surface area contributed by atoms with Crippen LogP contribution in [-0.4, -0.2) is 15.5 Å². The van der Waals surface area contributed by atoms with Crippen LogP contribution in [0.3, 0.4) is 0 Å². The van der Waals surface area contributed by atoms with E-state index in [1.165, 1.54) is 16.9 Å². The van der Waals surface area contributed by atoms with Crippen LogP contribution in [0.25, 0.3) is 32.7 Å². The highest BCUT2D eigenvalue weighted by Gasteiger charge is 2.18. The third kappa shape index (κ3) is 3.91. The van der Waals surface area contributed by atoms with Gasteiger partial charge in [-0.05, 0) is 31.9 Å². The molecule has 0 atom stereocenters. The number of benzene rings is 2. The second-order valence-electron chi connectivity index (χ2n) is 7.53. The second kappa shape index (κ2) is 8.24. The van der Waals surface area contributed by atoms with Crippen LogP contribution in [0.15, 0.2) is 58.7 Å². The van der Waals surface area contributed by atoms with Gasteiger partial charge in [-0.3, -0.25) is 14.2 Å². The van der Waals surface area contributed by atoms with Crippen molar-refractivity contribution in [3.05, 3.63) is 75.4 Å². The predicted octanol–water partition coefficient (Wildman–Crippen LogP) is 4.67. The highest BCUT2D eigenvalue weighted by Crippen LogP contribution is 2.32. The van der Waals surface area contributed by atoms with Gasteiger partial charge >= 0.3 is 0 Å². The maximum absolute atomic E-state index is 13.6. The zero-order chi connectivity index (χ0) is 21.3. The number of rotatable bonds is 6. The summed E-state index contributed by atoms with van der Waals surface area (Å²) in [5.41, 5.74) is 10.3. The monoisotopic (exact) mass is 417 g/mol. The number of nitrogens with two attached hydrogens (primary N) is 1. The summed E-state index contributed by atoms with van der Waals surface area (Å²) in [6, 6.07) is 16.1. The van der Waals surface area contributed by atoms with E-state index in [4.69, 9.17) is 10.7 Å². The van der Waals surface area contributed by atoms with Crippen LogP contribution in [0.2, 0.25) is 0 Å². The summed E-state index contributed by atoms with van der Waals surface area (Å²) in [5.74, 6) is 0.253. The van der Waals surface area contributed by atoms with Gasteiger partial charge < -0.3 is 5.73 Å². The van der Waals surface area contributed by atoms with E-state index in [9.17, 15) is 9.59 Å². The molecule has 2 N–H and O–H groups in total. The number of amides is 1. The van der Waals surface area contributed by atoms with Crippen LogP contribution in [0, 0.1) is 13.8 Å². The Morgan fingerprint density at radius 1 is 1.07 bits per heavy atom. The summed E-state index contributed by atoms with van der Waals surface area (Å²) < 4.78 is 1.68. The van der Waals surface area contributed by atoms with Gasteiger partial charge in [0.15, 0.2) is 0 Å². The number of aryl methyl sites for hydroxylation is 2. The molecule has 1 amide bonds. The normalized spacial score (nSPS) is 11.1. The average molecular weight is 418 g/mol. The van der Waals surface area contributed by atoms with Crippen LogP contribution < -0.4 is 11.3 Å². The molecule has 30 heavy (non-hydrogen) atoms. The standard InChI is InChI=1S/C24H23N3O2S/c1-15-8-10-17(11-9-15)19-14-30-23-21(19)24(29)27(12-4-7-20(25)28)22(26-23)18-6-3-5-16(2)13-18/h3,5-6,8-11,13-14H,4,7,12H2,1-2H3,(H2,25,28). The van der Waals surface area contributed by atoms with Crippen molar-refractivity contribution in [2.75, 3.05) is 0 Å². The maximum atomic E-state index is 13.6. The SMILES string of the molecule is Cc1ccc(-c2csc3nc(-c4cccc(C)c4)n(CCCC(N)=O)c(=O)c23)cc1. The Hall–Kier alpha value is -3.25. The third-order valence-electron chi connectivity index (χ3n) is 5.14. The third-order valence-corrected chi connectivity index (χ3v) is 6.01. The van der Waals surface area contributed by atoms with E-state index < -0.39 is 0 Å². The van der Waals surface area contributed by atoms with E-state index in [-0.39, 0.29) is 17.9 Å². The Morgan fingerprint density at radius 3 is 2.53 bits per heavy atom. The summed E-state index contributed by atoms with van der Waals surface area (Å²) in [6.45, 7) is 4.44. The molecule has 2 heterocycles. The average Bonchev–Trinajstić information content (AvgIpc) is 3.14. The lowest BCUT2D eigenvalue weighted by Gasteiger charge is -2.13. The van der Waals surface area contributed by atoms with Gasteiger partial charge in [0.1, 0.15) is 10.7 Å². The fraction of sp³-hybridized carbons (Fsp3) is 0.208. The molecule has 4 rings (SSSR count). The van der Waals surface area contributed by atoms with Crippen molar-refractivity contribution in [3.63, 3.8) is 0 Å². The molecule has 0 aliphatic rings. The molecule has 2 aromatic carbocycles. The van der Waals surface area contributed by atoms with E-state index in [1.54, 1.807) is 4.57 Å². The number of hydrogen-bond acceptors (Lipinski definition) is 4. The minimum atomic E-state index is -0.370. The Kier molecular flexibility index (Phi) is 5.50. The molecule has 0 aliphatic heterocycles. The Balaban J connectivity index is 1.92.